The van der Waals surface area contributed by atoms with Crippen LogP contribution in [0.2, 0.25) is 0 Å². The number of nitriles is 1. The number of methoxy groups -OCH3 is 1. The van der Waals surface area contributed by atoms with Crippen LogP contribution in [0.15, 0.2) is 24.4 Å². The van der Waals surface area contributed by atoms with Crippen molar-refractivity contribution >= 4 is 16.9 Å². The molecule has 17 heavy (non-hydrogen) atoms. The van der Waals surface area contributed by atoms with E-state index in [0.717, 1.165) is 0 Å². The molecule has 0 atom stereocenters. The topological polar surface area (TPSA) is 83.2 Å². The molecule has 0 fully saturated rings. The molecule has 0 aliphatic heterocycles. The summed E-state index contributed by atoms with van der Waals surface area (Å²) in [6, 6.07) is 6.41. The van der Waals surface area contributed by atoms with E-state index in [0.29, 0.717) is 22.2 Å². The van der Waals surface area contributed by atoms with Crippen molar-refractivity contribution < 1.29 is 14.6 Å². The number of aromatic nitrogens is 1. The number of pyridine rings is 1. The number of benzene rings is 1. The van der Waals surface area contributed by atoms with Crippen molar-refractivity contribution in [2.24, 2.45) is 0 Å². The van der Waals surface area contributed by atoms with Crippen molar-refractivity contribution in [1.82, 2.24) is 4.98 Å². The molecule has 0 unspecified atom stereocenters. The summed E-state index contributed by atoms with van der Waals surface area (Å²) in [6.07, 6.45) is 1.42. The molecule has 0 saturated carbocycles. The largest absolute Gasteiger partial charge is 0.494 e. The van der Waals surface area contributed by atoms with Gasteiger partial charge >= 0.3 is 5.97 Å². The van der Waals surface area contributed by atoms with Gasteiger partial charge in [0, 0.05) is 11.6 Å². The molecule has 0 amide bonds. The van der Waals surface area contributed by atoms with E-state index < -0.39 is 5.97 Å². The van der Waals surface area contributed by atoms with Crippen LogP contribution in [0.25, 0.3) is 10.9 Å². The highest BCUT2D eigenvalue weighted by atomic mass is 16.5. The predicted octanol–water partition coefficient (Wildman–Crippen LogP) is 1.81. The maximum atomic E-state index is 10.9. The van der Waals surface area contributed by atoms with Gasteiger partial charge in [0.25, 0.3) is 0 Å². The predicted molar refractivity (Wildman–Crippen MR) is 60.0 cm³/mol. The molecular weight excluding hydrogens is 220 g/mol. The van der Waals surface area contributed by atoms with Crippen molar-refractivity contribution in [3.63, 3.8) is 0 Å². The summed E-state index contributed by atoms with van der Waals surface area (Å²) >= 11 is 0. The van der Waals surface area contributed by atoms with Crippen LogP contribution in [0.3, 0.4) is 0 Å². The summed E-state index contributed by atoms with van der Waals surface area (Å²) in [4.78, 5) is 15.0. The minimum absolute atomic E-state index is 0.103. The van der Waals surface area contributed by atoms with Gasteiger partial charge in [-0.3, -0.25) is 4.98 Å². The zero-order valence-electron chi connectivity index (χ0n) is 8.97. The Labute approximate surface area is 96.9 Å². The zero-order chi connectivity index (χ0) is 12.4. The van der Waals surface area contributed by atoms with Crippen LogP contribution in [0.1, 0.15) is 15.9 Å². The molecule has 0 spiro atoms. The van der Waals surface area contributed by atoms with E-state index in [2.05, 4.69) is 4.98 Å². The summed E-state index contributed by atoms with van der Waals surface area (Å²) < 4.78 is 5.08. The van der Waals surface area contributed by atoms with E-state index in [-0.39, 0.29) is 5.56 Å². The van der Waals surface area contributed by atoms with Crippen LogP contribution < -0.4 is 4.74 Å². The minimum Gasteiger partial charge on any atom is -0.494 e. The molecule has 1 N–H and O–H groups in total. The molecule has 0 aliphatic rings. The smallest absolute Gasteiger partial charge is 0.335 e. The Balaban J connectivity index is 2.79. The number of ether oxygens (including phenoxy) is 1. The molecular formula is C12H8N2O3. The lowest BCUT2D eigenvalue weighted by atomic mass is 10.1. The van der Waals surface area contributed by atoms with Gasteiger partial charge in [0.2, 0.25) is 0 Å². The number of fused-ring (bicyclic) bond motifs is 1. The number of nitrogens with zero attached hydrogens (tertiary/aromatic N) is 2. The van der Waals surface area contributed by atoms with Crippen LogP contribution in [-0.2, 0) is 0 Å². The van der Waals surface area contributed by atoms with E-state index >= 15 is 0 Å². The molecule has 0 radical (unpaired) electrons. The maximum absolute atomic E-state index is 10.9. The number of hydrogen-bond donors (Lipinski definition) is 1. The van der Waals surface area contributed by atoms with Gasteiger partial charge < -0.3 is 9.84 Å². The third kappa shape index (κ3) is 1.88. The number of rotatable bonds is 2. The highest BCUT2D eigenvalue weighted by molar-refractivity contribution is 5.96. The summed E-state index contributed by atoms with van der Waals surface area (Å²) in [5.41, 5.74) is 1.02. The van der Waals surface area contributed by atoms with Gasteiger partial charge in [0.1, 0.15) is 17.3 Å². The first-order valence-electron chi connectivity index (χ1n) is 4.77. The standard InChI is InChI=1S/C12H8N2O3/c1-17-10-4-9(12(15)16)3-8-2-7(5-13)6-14-11(8)10/h2-4,6H,1H3,(H,15,16). The molecule has 2 aromatic rings. The number of carboxylic acids is 1. The second kappa shape index (κ2) is 4.10. The number of hydrogen-bond acceptors (Lipinski definition) is 4. The molecule has 1 aromatic carbocycles. The number of aromatic carboxylic acids is 1. The highest BCUT2D eigenvalue weighted by Gasteiger charge is 2.10. The molecule has 84 valence electrons. The molecule has 0 aliphatic carbocycles. The fraction of sp³-hybridized carbons (Fsp3) is 0.0833. The first-order valence-corrected chi connectivity index (χ1v) is 4.77. The average molecular weight is 228 g/mol. The third-order valence-electron chi connectivity index (χ3n) is 2.34. The van der Waals surface area contributed by atoms with Crippen LogP contribution in [0.4, 0.5) is 0 Å². The second-order valence-electron chi connectivity index (χ2n) is 3.39. The van der Waals surface area contributed by atoms with Crippen molar-refractivity contribution in [3.8, 4) is 11.8 Å². The van der Waals surface area contributed by atoms with Gasteiger partial charge in [-0.1, -0.05) is 0 Å². The molecule has 1 aromatic heterocycles. The Kier molecular flexibility index (Phi) is 2.63. The van der Waals surface area contributed by atoms with Gasteiger partial charge in [-0.25, -0.2) is 4.79 Å². The van der Waals surface area contributed by atoms with E-state index in [1.54, 1.807) is 6.07 Å². The SMILES string of the molecule is COc1cc(C(=O)O)cc2cc(C#N)cnc12. The summed E-state index contributed by atoms with van der Waals surface area (Å²) in [6.45, 7) is 0. The first-order chi connectivity index (χ1) is 8.15. The molecule has 2 rings (SSSR count). The second-order valence-corrected chi connectivity index (χ2v) is 3.39. The lowest BCUT2D eigenvalue weighted by Crippen LogP contribution is -1.98. The van der Waals surface area contributed by atoms with E-state index in [9.17, 15) is 4.79 Å². The van der Waals surface area contributed by atoms with Crippen molar-refractivity contribution in [3.05, 3.63) is 35.5 Å². The van der Waals surface area contributed by atoms with Crippen LogP contribution in [-0.4, -0.2) is 23.2 Å². The molecule has 0 saturated heterocycles. The summed E-state index contributed by atoms with van der Waals surface area (Å²) in [7, 11) is 1.44. The zero-order valence-corrected chi connectivity index (χ0v) is 8.97. The maximum Gasteiger partial charge on any atom is 0.335 e. The monoisotopic (exact) mass is 228 g/mol. The van der Waals surface area contributed by atoms with Crippen molar-refractivity contribution in [2.75, 3.05) is 7.11 Å². The summed E-state index contributed by atoms with van der Waals surface area (Å²) in [5.74, 6) is -0.669. The van der Waals surface area contributed by atoms with Gasteiger partial charge in [-0.2, -0.15) is 5.26 Å². The molecule has 5 nitrogen and oxygen atoms in total. The fourth-order valence-electron chi connectivity index (χ4n) is 1.56. The average Bonchev–Trinajstić information content (AvgIpc) is 2.36. The highest BCUT2D eigenvalue weighted by Crippen LogP contribution is 2.26. The van der Waals surface area contributed by atoms with E-state index in [4.69, 9.17) is 15.1 Å². The minimum atomic E-state index is -1.05. The Morgan fingerprint density at radius 3 is 2.82 bits per heavy atom. The lowest BCUT2D eigenvalue weighted by Gasteiger charge is -2.06. The normalized spacial score (nSPS) is 9.88. The number of carboxylic acid groups (broad SMARTS) is 1. The Morgan fingerprint density at radius 2 is 2.24 bits per heavy atom. The Bertz CT molecular complexity index is 644. The molecule has 0 bridgehead atoms. The summed E-state index contributed by atoms with van der Waals surface area (Å²) in [5, 5.41) is 18.3. The molecule has 1 heterocycles. The van der Waals surface area contributed by atoms with Crippen molar-refractivity contribution in [2.45, 2.75) is 0 Å². The molecule has 5 heteroatoms. The van der Waals surface area contributed by atoms with Crippen LogP contribution in [0, 0.1) is 11.3 Å². The van der Waals surface area contributed by atoms with Gasteiger partial charge in [-0.05, 0) is 18.2 Å². The third-order valence-corrected chi connectivity index (χ3v) is 2.34. The van der Waals surface area contributed by atoms with Crippen molar-refractivity contribution in [1.29, 1.82) is 5.26 Å². The van der Waals surface area contributed by atoms with Crippen LogP contribution >= 0.6 is 0 Å². The Hall–Kier alpha value is -2.61. The quantitative estimate of drug-likeness (QED) is 0.847. The number of carbonyl (C=O) groups is 1. The van der Waals surface area contributed by atoms with Crippen LogP contribution in [0.5, 0.6) is 5.75 Å². The lowest BCUT2D eigenvalue weighted by molar-refractivity contribution is 0.0696. The van der Waals surface area contributed by atoms with E-state index in [1.165, 1.54) is 25.4 Å². The van der Waals surface area contributed by atoms with Gasteiger partial charge in [0.05, 0.1) is 18.2 Å². The van der Waals surface area contributed by atoms with E-state index in [1.807, 2.05) is 6.07 Å². The van der Waals surface area contributed by atoms with Gasteiger partial charge in [0.15, 0.2) is 0 Å². The fourth-order valence-corrected chi connectivity index (χ4v) is 1.56. The Morgan fingerprint density at radius 1 is 1.47 bits per heavy atom. The van der Waals surface area contributed by atoms with Gasteiger partial charge in [-0.15, -0.1) is 0 Å². The first kappa shape index (κ1) is 10.9.